The first-order chi connectivity index (χ1) is 11.3. The third-order valence-electron chi connectivity index (χ3n) is 3.86. The molecule has 3 amide bonds. The van der Waals surface area contributed by atoms with Crippen LogP contribution in [0.15, 0.2) is 28.6 Å². The second-order valence-corrected chi connectivity index (χ2v) is 6.33. The first-order valence-corrected chi connectivity index (χ1v) is 8.17. The van der Waals surface area contributed by atoms with E-state index < -0.39 is 16.5 Å². The van der Waals surface area contributed by atoms with Crippen LogP contribution in [0.2, 0.25) is 0 Å². The first-order valence-electron chi connectivity index (χ1n) is 7.14. The summed E-state index contributed by atoms with van der Waals surface area (Å²) >= 11 is 0. The molecule has 2 N–H and O–H groups in total. The molecule has 0 heterocycles. The van der Waals surface area contributed by atoms with Crippen LogP contribution in [0.25, 0.3) is 0 Å². The highest BCUT2D eigenvalue weighted by Gasteiger charge is 2.59. The van der Waals surface area contributed by atoms with Crippen LogP contribution in [-0.4, -0.2) is 41.1 Å². The standard InChI is InChI=1S/C12H15NO3S.C3H6N2O2/c1-12(2)10(11(12)13-17(14)15)8-4-6-9(16-3)7-5-8;1-4-3(7)5-2-6/h4-7,10-11H,1-3H3;2H,1H3,(H2,4,5,6,7). The Labute approximate surface area is 142 Å². The fraction of sp³-hybridized carbons (Fsp3) is 0.467. The Morgan fingerprint density at radius 2 is 1.88 bits per heavy atom. The van der Waals surface area contributed by atoms with Gasteiger partial charge in [-0.25, -0.2) is 4.79 Å². The number of carbonyl (C=O) groups excluding carboxylic acids is 2. The smallest absolute Gasteiger partial charge is 0.320 e. The first kappa shape index (κ1) is 19.6. The molecule has 132 valence electrons. The number of imide groups is 1. The molecule has 0 aromatic heterocycles. The summed E-state index contributed by atoms with van der Waals surface area (Å²) in [6.07, 6.45) is 0.318. The number of amides is 3. The molecule has 8 nitrogen and oxygen atoms in total. The third kappa shape index (κ3) is 5.05. The molecular weight excluding hydrogens is 334 g/mol. The molecule has 0 radical (unpaired) electrons. The van der Waals surface area contributed by atoms with Crippen LogP contribution in [0.1, 0.15) is 25.3 Å². The number of urea groups is 1. The van der Waals surface area contributed by atoms with Gasteiger partial charge in [0, 0.05) is 13.0 Å². The van der Waals surface area contributed by atoms with E-state index in [2.05, 4.69) is 9.68 Å². The van der Waals surface area contributed by atoms with Crippen LogP contribution in [0, 0.1) is 5.41 Å². The predicted octanol–water partition coefficient (Wildman–Crippen LogP) is 1.32. The molecule has 1 aromatic rings. The van der Waals surface area contributed by atoms with Crippen molar-refractivity contribution in [2.45, 2.75) is 25.8 Å². The fourth-order valence-corrected chi connectivity index (χ4v) is 3.03. The number of hydrogen-bond acceptors (Lipinski definition) is 6. The summed E-state index contributed by atoms with van der Waals surface area (Å²) in [5.74, 6) is 0.972. The van der Waals surface area contributed by atoms with Crippen LogP contribution in [0.3, 0.4) is 0 Å². The van der Waals surface area contributed by atoms with E-state index in [1.165, 1.54) is 7.05 Å². The van der Waals surface area contributed by atoms with Gasteiger partial charge in [-0.3, -0.25) is 10.1 Å². The molecule has 0 aliphatic heterocycles. The van der Waals surface area contributed by atoms with E-state index in [0.29, 0.717) is 6.41 Å². The maximum atomic E-state index is 10.6. The van der Waals surface area contributed by atoms with Crippen molar-refractivity contribution in [1.29, 1.82) is 0 Å². The Kier molecular flexibility index (Phi) is 6.90. The molecule has 2 rings (SSSR count). The SMILES string of the molecule is CNC(=O)NC=O.COc1ccc(C2C(N=S(=O)=O)C2(C)C)cc1. The van der Waals surface area contributed by atoms with Crippen LogP contribution >= 0.6 is 0 Å². The van der Waals surface area contributed by atoms with Gasteiger partial charge in [0.15, 0.2) is 0 Å². The molecule has 0 saturated heterocycles. The van der Waals surface area contributed by atoms with Gasteiger partial charge in [-0.15, -0.1) is 0 Å². The number of nitrogens with one attached hydrogen (secondary N) is 2. The third-order valence-corrected chi connectivity index (χ3v) is 4.26. The van der Waals surface area contributed by atoms with E-state index in [1.807, 2.05) is 43.4 Å². The summed E-state index contributed by atoms with van der Waals surface area (Å²) in [5, 5.41) is 4.05. The van der Waals surface area contributed by atoms with Crippen molar-refractivity contribution in [2.24, 2.45) is 9.78 Å². The van der Waals surface area contributed by atoms with Gasteiger partial charge in [0.2, 0.25) is 6.41 Å². The van der Waals surface area contributed by atoms with E-state index in [9.17, 15) is 18.0 Å². The van der Waals surface area contributed by atoms with E-state index in [4.69, 9.17) is 4.74 Å². The molecule has 2 atom stereocenters. The molecule has 1 aliphatic carbocycles. The highest BCUT2D eigenvalue weighted by atomic mass is 32.2. The summed E-state index contributed by atoms with van der Waals surface area (Å²) in [4.78, 5) is 19.4. The molecule has 1 saturated carbocycles. The van der Waals surface area contributed by atoms with Gasteiger partial charge in [-0.2, -0.15) is 12.8 Å². The van der Waals surface area contributed by atoms with Gasteiger partial charge >= 0.3 is 16.5 Å². The quantitative estimate of drug-likeness (QED) is 0.791. The zero-order chi connectivity index (χ0) is 18.3. The number of ether oxygens (including phenoxy) is 1. The van der Waals surface area contributed by atoms with Crippen molar-refractivity contribution >= 4 is 22.9 Å². The van der Waals surface area contributed by atoms with Crippen LogP contribution in [0.5, 0.6) is 5.75 Å². The molecule has 0 spiro atoms. The van der Waals surface area contributed by atoms with Gasteiger partial charge < -0.3 is 10.1 Å². The molecule has 1 fully saturated rings. The monoisotopic (exact) mass is 355 g/mol. The summed E-state index contributed by atoms with van der Waals surface area (Å²) in [7, 11) is 0.719. The highest BCUT2D eigenvalue weighted by Crippen LogP contribution is 2.60. The average molecular weight is 355 g/mol. The molecule has 1 aromatic carbocycles. The summed E-state index contributed by atoms with van der Waals surface area (Å²) in [5.41, 5.74) is 1.02. The molecular formula is C15H21N3O5S. The van der Waals surface area contributed by atoms with Crippen molar-refractivity contribution < 1.29 is 22.7 Å². The molecule has 9 heteroatoms. The number of benzene rings is 1. The van der Waals surface area contributed by atoms with Crippen molar-refractivity contribution in [1.82, 2.24) is 10.6 Å². The van der Waals surface area contributed by atoms with Crippen molar-refractivity contribution in [3.8, 4) is 5.75 Å². The Morgan fingerprint density at radius 1 is 1.29 bits per heavy atom. The second kappa shape index (κ2) is 8.44. The van der Waals surface area contributed by atoms with E-state index in [1.54, 1.807) is 7.11 Å². The van der Waals surface area contributed by atoms with E-state index in [0.717, 1.165) is 11.3 Å². The molecule has 2 unspecified atom stereocenters. The molecule has 0 bridgehead atoms. The fourth-order valence-electron chi connectivity index (χ4n) is 2.45. The minimum absolute atomic E-state index is 0.0886. The summed E-state index contributed by atoms with van der Waals surface area (Å²) in [6, 6.07) is 7.07. The average Bonchev–Trinajstić information content (AvgIpc) is 3.08. The van der Waals surface area contributed by atoms with E-state index in [-0.39, 0.29) is 17.4 Å². The Bertz CT molecular complexity index is 705. The van der Waals surface area contributed by atoms with Crippen molar-refractivity contribution in [3.05, 3.63) is 29.8 Å². The zero-order valence-corrected chi connectivity index (χ0v) is 14.8. The number of carbonyl (C=O) groups is 2. The van der Waals surface area contributed by atoms with Crippen molar-refractivity contribution in [2.75, 3.05) is 14.2 Å². The minimum atomic E-state index is -2.33. The van der Waals surface area contributed by atoms with Gasteiger partial charge in [-0.1, -0.05) is 26.0 Å². The lowest BCUT2D eigenvalue weighted by Gasteiger charge is -2.03. The summed E-state index contributed by atoms with van der Waals surface area (Å²) in [6.45, 7) is 4.06. The second-order valence-electron chi connectivity index (χ2n) is 5.68. The maximum Gasteiger partial charge on any atom is 0.320 e. The Balaban J connectivity index is 0.000000351. The number of rotatable bonds is 4. The summed E-state index contributed by atoms with van der Waals surface area (Å²) < 4.78 is 30.1. The predicted molar refractivity (Wildman–Crippen MR) is 88.3 cm³/mol. The van der Waals surface area contributed by atoms with Crippen molar-refractivity contribution in [3.63, 3.8) is 0 Å². The van der Waals surface area contributed by atoms with Crippen LogP contribution in [-0.2, 0) is 15.3 Å². The van der Waals surface area contributed by atoms with E-state index >= 15 is 0 Å². The minimum Gasteiger partial charge on any atom is -0.497 e. The lowest BCUT2D eigenvalue weighted by atomic mass is 10.0. The molecule has 1 aliphatic rings. The lowest BCUT2D eigenvalue weighted by Crippen LogP contribution is -2.31. The van der Waals surface area contributed by atoms with Gasteiger partial charge in [-0.05, 0) is 23.1 Å². The molecule has 24 heavy (non-hydrogen) atoms. The largest absolute Gasteiger partial charge is 0.497 e. The maximum absolute atomic E-state index is 10.6. The number of hydrogen-bond donors (Lipinski definition) is 2. The Morgan fingerprint density at radius 3 is 2.25 bits per heavy atom. The van der Waals surface area contributed by atoms with Gasteiger partial charge in [0.1, 0.15) is 5.75 Å². The van der Waals surface area contributed by atoms with Gasteiger partial charge in [0.05, 0.1) is 13.2 Å². The lowest BCUT2D eigenvalue weighted by molar-refractivity contribution is -0.108. The van der Waals surface area contributed by atoms with Gasteiger partial charge in [0.25, 0.3) is 0 Å². The number of methoxy groups -OCH3 is 1. The zero-order valence-electron chi connectivity index (χ0n) is 13.9. The topological polar surface area (TPSA) is 114 Å². The normalized spacial score (nSPS) is 19.8. The van der Waals surface area contributed by atoms with Crippen LogP contribution < -0.4 is 15.4 Å². The highest BCUT2D eigenvalue weighted by molar-refractivity contribution is 7.61. The van der Waals surface area contributed by atoms with Crippen LogP contribution in [0.4, 0.5) is 4.79 Å². The Hall–Kier alpha value is -2.42. The number of nitrogens with zero attached hydrogens (tertiary/aromatic N) is 1.